The van der Waals surface area contributed by atoms with Crippen molar-refractivity contribution in [2.24, 2.45) is 0 Å². The number of nitrogens with zero attached hydrogens (tertiary/aromatic N) is 1. The van der Waals surface area contributed by atoms with Gasteiger partial charge < -0.3 is 13.9 Å². The minimum atomic E-state index is -3.68. The van der Waals surface area contributed by atoms with Gasteiger partial charge in [-0.1, -0.05) is 6.07 Å². The third-order valence-corrected chi connectivity index (χ3v) is 5.74. The summed E-state index contributed by atoms with van der Waals surface area (Å²) in [5.74, 6) is -0.623. The molecule has 0 amide bonds. The molecule has 0 atom stereocenters. The second-order valence-corrected chi connectivity index (χ2v) is 8.17. The molecule has 27 heavy (non-hydrogen) atoms. The second kappa shape index (κ2) is 7.93. The molecule has 0 bridgehead atoms. The van der Waals surface area contributed by atoms with Crippen molar-refractivity contribution in [3.05, 3.63) is 52.5 Å². The lowest BCUT2D eigenvalue weighted by Crippen LogP contribution is -2.22. The maximum absolute atomic E-state index is 12.4. The van der Waals surface area contributed by atoms with Gasteiger partial charge >= 0.3 is 11.9 Å². The van der Waals surface area contributed by atoms with E-state index < -0.39 is 22.0 Å². The summed E-state index contributed by atoms with van der Waals surface area (Å²) >= 11 is 0. The van der Waals surface area contributed by atoms with Gasteiger partial charge in [0.15, 0.2) is 0 Å². The Labute approximate surface area is 157 Å². The third kappa shape index (κ3) is 4.37. The molecule has 146 valence electrons. The zero-order chi connectivity index (χ0) is 20.4. The van der Waals surface area contributed by atoms with Crippen LogP contribution in [0.1, 0.15) is 37.8 Å². The van der Waals surface area contributed by atoms with Crippen LogP contribution in [0.3, 0.4) is 0 Å². The van der Waals surface area contributed by atoms with Crippen LogP contribution in [0.4, 0.5) is 0 Å². The highest BCUT2D eigenvalue weighted by molar-refractivity contribution is 7.89. The summed E-state index contributed by atoms with van der Waals surface area (Å²) in [6, 6.07) is 5.69. The number of hydrogen-bond donors (Lipinski definition) is 0. The summed E-state index contributed by atoms with van der Waals surface area (Å²) in [5.41, 5.74) is 0.955. The topological polar surface area (TPSA) is 103 Å². The van der Waals surface area contributed by atoms with Gasteiger partial charge in [-0.3, -0.25) is 0 Å². The number of carbonyl (C=O) groups is 2. The fraction of sp³-hybridized carbons (Fsp3) is 0.333. The van der Waals surface area contributed by atoms with Crippen LogP contribution in [-0.2, 0) is 26.1 Å². The quantitative estimate of drug-likeness (QED) is 0.691. The molecule has 2 aromatic rings. The molecular weight excluding hydrogens is 374 g/mol. The van der Waals surface area contributed by atoms with Gasteiger partial charge in [0, 0.05) is 14.1 Å². The SMILES string of the molecule is COC(=O)c1cc(COC(=O)c2cc(S(=O)(=O)N(C)C)ccc2C)oc1C. The number of furan rings is 1. The summed E-state index contributed by atoms with van der Waals surface area (Å²) in [5, 5.41) is 0. The molecule has 0 spiro atoms. The van der Waals surface area contributed by atoms with Crippen molar-refractivity contribution in [2.75, 3.05) is 21.2 Å². The predicted molar refractivity (Wildman–Crippen MR) is 96.0 cm³/mol. The van der Waals surface area contributed by atoms with E-state index >= 15 is 0 Å². The van der Waals surface area contributed by atoms with E-state index in [2.05, 4.69) is 4.74 Å². The molecule has 8 nitrogen and oxygen atoms in total. The van der Waals surface area contributed by atoms with Crippen LogP contribution < -0.4 is 0 Å². The van der Waals surface area contributed by atoms with E-state index in [1.807, 2.05) is 0 Å². The van der Waals surface area contributed by atoms with Crippen molar-refractivity contribution in [1.82, 2.24) is 4.31 Å². The Bertz CT molecular complexity index is 974. The maximum atomic E-state index is 12.4. The van der Waals surface area contributed by atoms with Crippen LogP contribution in [-0.4, -0.2) is 45.9 Å². The Balaban J connectivity index is 2.21. The molecule has 0 fully saturated rings. The lowest BCUT2D eigenvalue weighted by atomic mass is 10.1. The summed E-state index contributed by atoms with van der Waals surface area (Å²) in [6.07, 6.45) is 0. The van der Waals surface area contributed by atoms with E-state index in [0.29, 0.717) is 11.3 Å². The Morgan fingerprint density at radius 2 is 1.74 bits per heavy atom. The van der Waals surface area contributed by atoms with Crippen LogP contribution in [0.2, 0.25) is 0 Å². The van der Waals surface area contributed by atoms with E-state index in [0.717, 1.165) is 4.31 Å². The molecule has 1 heterocycles. The molecule has 0 radical (unpaired) electrons. The highest BCUT2D eigenvalue weighted by Gasteiger charge is 2.21. The minimum Gasteiger partial charge on any atom is -0.465 e. The fourth-order valence-electron chi connectivity index (χ4n) is 2.33. The van der Waals surface area contributed by atoms with Crippen LogP contribution in [0, 0.1) is 13.8 Å². The molecule has 1 aromatic heterocycles. The summed E-state index contributed by atoms with van der Waals surface area (Å²) in [4.78, 5) is 24.0. The number of aryl methyl sites for hydroxylation is 2. The van der Waals surface area contributed by atoms with E-state index in [1.165, 1.54) is 39.4 Å². The number of sulfonamides is 1. The summed E-state index contributed by atoms with van der Waals surface area (Å²) in [6.45, 7) is 3.06. The lowest BCUT2D eigenvalue weighted by Gasteiger charge is -2.13. The first-order chi connectivity index (χ1) is 12.6. The van der Waals surface area contributed by atoms with E-state index in [-0.39, 0.29) is 28.4 Å². The number of ether oxygens (including phenoxy) is 2. The van der Waals surface area contributed by atoms with Crippen molar-refractivity contribution >= 4 is 22.0 Å². The van der Waals surface area contributed by atoms with E-state index in [1.54, 1.807) is 19.9 Å². The molecule has 0 unspecified atom stereocenters. The van der Waals surface area contributed by atoms with Gasteiger partial charge in [-0.2, -0.15) is 0 Å². The lowest BCUT2D eigenvalue weighted by molar-refractivity contribution is 0.0442. The van der Waals surface area contributed by atoms with Crippen molar-refractivity contribution in [3.63, 3.8) is 0 Å². The molecule has 0 saturated heterocycles. The van der Waals surface area contributed by atoms with Gasteiger partial charge in [0.2, 0.25) is 10.0 Å². The Morgan fingerprint density at radius 1 is 1.07 bits per heavy atom. The molecule has 0 aliphatic rings. The molecular formula is C18H21NO7S. The first kappa shape index (κ1) is 20.7. The van der Waals surface area contributed by atoms with Gasteiger partial charge in [0.25, 0.3) is 0 Å². The average molecular weight is 395 g/mol. The van der Waals surface area contributed by atoms with Crippen molar-refractivity contribution in [3.8, 4) is 0 Å². The van der Waals surface area contributed by atoms with E-state index in [4.69, 9.17) is 9.15 Å². The normalized spacial score (nSPS) is 11.5. The molecule has 0 N–H and O–H groups in total. The van der Waals surface area contributed by atoms with Gasteiger partial charge in [-0.15, -0.1) is 0 Å². The number of esters is 2. The minimum absolute atomic E-state index is 0.00753. The fourth-order valence-corrected chi connectivity index (χ4v) is 3.26. The van der Waals surface area contributed by atoms with Crippen LogP contribution >= 0.6 is 0 Å². The molecule has 2 rings (SSSR count). The molecule has 0 aliphatic carbocycles. The number of rotatable bonds is 6. The van der Waals surface area contributed by atoms with Gasteiger partial charge in [-0.25, -0.2) is 22.3 Å². The largest absolute Gasteiger partial charge is 0.465 e. The van der Waals surface area contributed by atoms with Gasteiger partial charge in [0.05, 0.1) is 17.6 Å². The standard InChI is InChI=1S/C18H21NO7S/c1-11-6-7-14(27(22,23)19(3)4)9-15(11)18(21)25-10-13-8-16(12(2)26-13)17(20)24-5/h6-9H,10H2,1-5H3. The first-order valence-electron chi connectivity index (χ1n) is 7.96. The Morgan fingerprint density at radius 3 is 2.33 bits per heavy atom. The van der Waals surface area contributed by atoms with Crippen molar-refractivity contribution in [2.45, 2.75) is 25.3 Å². The zero-order valence-corrected chi connectivity index (χ0v) is 16.5. The number of methoxy groups -OCH3 is 1. The molecule has 0 aliphatic heterocycles. The van der Waals surface area contributed by atoms with Crippen LogP contribution in [0.5, 0.6) is 0 Å². The number of carbonyl (C=O) groups excluding carboxylic acids is 2. The predicted octanol–water partition coefficient (Wildman–Crippen LogP) is 2.29. The first-order valence-corrected chi connectivity index (χ1v) is 9.40. The zero-order valence-electron chi connectivity index (χ0n) is 15.7. The molecule has 1 aromatic carbocycles. The van der Waals surface area contributed by atoms with Crippen molar-refractivity contribution in [1.29, 1.82) is 0 Å². The molecule has 0 saturated carbocycles. The van der Waals surface area contributed by atoms with Gasteiger partial charge in [0.1, 0.15) is 23.7 Å². The third-order valence-electron chi connectivity index (χ3n) is 3.93. The Hall–Kier alpha value is -2.65. The van der Waals surface area contributed by atoms with Crippen LogP contribution in [0.25, 0.3) is 0 Å². The maximum Gasteiger partial charge on any atom is 0.341 e. The summed E-state index contributed by atoms with van der Waals surface area (Å²) < 4.78 is 40.8. The second-order valence-electron chi connectivity index (χ2n) is 6.01. The smallest absolute Gasteiger partial charge is 0.341 e. The van der Waals surface area contributed by atoms with E-state index in [9.17, 15) is 18.0 Å². The highest BCUT2D eigenvalue weighted by atomic mass is 32.2. The van der Waals surface area contributed by atoms with Crippen LogP contribution in [0.15, 0.2) is 33.6 Å². The summed E-state index contributed by atoms with van der Waals surface area (Å²) in [7, 11) is 0.396. The highest BCUT2D eigenvalue weighted by Crippen LogP contribution is 2.20. The van der Waals surface area contributed by atoms with Gasteiger partial charge in [-0.05, 0) is 37.6 Å². The Kier molecular flexibility index (Phi) is 6.07. The monoisotopic (exact) mass is 395 g/mol. The molecule has 9 heteroatoms. The number of benzene rings is 1. The van der Waals surface area contributed by atoms with Crippen molar-refractivity contribution < 1.29 is 31.9 Å². The number of hydrogen-bond acceptors (Lipinski definition) is 7. The average Bonchev–Trinajstić information content (AvgIpc) is 2.99.